The van der Waals surface area contributed by atoms with E-state index >= 15 is 0 Å². The molecule has 0 saturated carbocycles. The van der Waals surface area contributed by atoms with Gasteiger partial charge in [-0.05, 0) is 39.3 Å². The van der Waals surface area contributed by atoms with Crippen LogP contribution in [-0.4, -0.2) is 10.2 Å². The molecule has 1 atom stereocenters. The molecule has 1 unspecified atom stereocenters. The number of hydrogen-bond donors (Lipinski definition) is 1. The summed E-state index contributed by atoms with van der Waals surface area (Å²) >= 11 is 3.51. The maximum Gasteiger partial charge on any atom is 0.131 e. The van der Waals surface area contributed by atoms with E-state index in [1.54, 1.807) is 11.3 Å². The number of thiophene rings is 1. The van der Waals surface area contributed by atoms with Crippen LogP contribution in [-0.2, 0) is 6.54 Å². The number of nitrogens with one attached hydrogen (secondary N) is 1. The highest BCUT2D eigenvalue weighted by molar-refractivity contribution is 7.12. The summed E-state index contributed by atoms with van der Waals surface area (Å²) in [7, 11) is 0. The third-order valence-corrected chi connectivity index (χ3v) is 4.49. The Morgan fingerprint density at radius 3 is 2.53 bits per heavy atom. The Balaban J connectivity index is 1.97. The fourth-order valence-electron chi connectivity index (χ4n) is 1.84. The Labute approximate surface area is 110 Å². The van der Waals surface area contributed by atoms with Gasteiger partial charge in [0.1, 0.15) is 10.0 Å². The lowest BCUT2D eigenvalue weighted by Gasteiger charge is -2.12. The normalized spacial score (nSPS) is 12.9. The highest BCUT2D eigenvalue weighted by atomic mass is 32.1. The maximum atomic E-state index is 4.12. The molecule has 92 valence electrons. The van der Waals surface area contributed by atoms with E-state index in [1.807, 2.05) is 18.3 Å². The molecule has 0 fully saturated rings. The van der Waals surface area contributed by atoms with Crippen LogP contribution in [0.1, 0.15) is 38.3 Å². The molecule has 0 radical (unpaired) electrons. The van der Waals surface area contributed by atoms with E-state index in [-0.39, 0.29) is 0 Å². The van der Waals surface area contributed by atoms with Gasteiger partial charge in [-0.15, -0.1) is 32.9 Å². The van der Waals surface area contributed by atoms with Crippen molar-refractivity contribution in [1.29, 1.82) is 0 Å². The van der Waals surface area contributed by atoms with Crippen molar-refractivity contribution in [2.75, 3.05) is 0 Å². The lowest BCUT2D eigenvalue weighted by Crippen LogP contribution is -2.18. The number of aromatic nitrogens is 2. The first-order valence-electron chi connectivity index (χ1n) is 5.65. The third kappa shape index (κ3) is 3.12. The molecule has 1 N–H and O–H groups in total. The SMILES string of the molecule is Cc1cc(C(C)NCc2nnc(C)s2)c(C)s1. The van der Waals surface area contributed by atoms with Crippen LogP contribution in [0.4, 0.5) is 0 Å². The molecule has 0 aliphatic rings. The van der Waals surface area contributed by atoms with Crippen LogP contribution in [0.15, 0.2) is 6.07 Å². The van der Waals surface area contributed by atoms with Crippen LogP contribution >= 0.6 is 22.7 Å². The fourth-order valence-corrected chi connectivity index (χ4v) is 3.52. The van der Waals surface area contributed by atoms with E-state index in [0.717, 1.165) is 16.6 Å². The summed E-state index contributed by atoms with van der Waals surface area (Å²) in [6.45, 7) is 9.31. The molecule has 0 aliphatic heterocycles. The summed E-state index contributed by atoms with van der Waals surface area (Å²) in [4.78, 5) is 2.77. The first-order valence-corrected chi connectivity index (χ1v) is 7.29. The molecule has 2 aromatic heterocycles. The topological polar surface area (TPSA) is 37.8 Å². The molecule has 0 spiro atoms. The lowest BCUT2D eigenvalue weighted by atomic mass is 10.1. The van der Waals surface area contributed by atoms with E-state index in [2.05, 4.69) is 42.4 Å². The van der Waals surface area contributed by atoms with E-state index in [0.29, 0.717) is 6.04 Å². The standard InChI is InChI=1S/C12H17N3S2/c1-7-5-11(9(3)16-7)8(2)13-6-12-15-14-10(4)17-12/h5,8,13H,6H2,1-4H3. The predicted molar refractivity (Wildman–Crippen MR) is 73.7 cm³/mol. The highest BCUT2D eigenvalue weighted by Gasteiger charge is 2.11. The van der Waals surface area contributed by atoms with Crippen molar-refractivity contribution >= 4 is 22.7 Å². The molecule has 2 heterocycles. The van der Waals surface area contributed by atoms with Crippen molar-refractivity contribution in [2.45, 2.75) is 40.3 Å². The van der Waals surface area contributed by atoms with Crippen LogP contribution in [0, 0.1) is 20.8 Å². The highest BCUT2D eigenvalue weighted by Crippen LogP contribution is 2.26. The summed E-state index contributed by atoms with van der Waals surface area (Å²) in [6, 6.07) is 2.63. The molecule has 0 aromatic carbocycles. The molecule has 0 aliphatic carbocycles. The van der Waals surface area contributed by atoms with Crippen LogP contribution in [0.25, 0.3) is 0 Å². The van der Waals surface area contributed by atoms with Crippen LogP contribution < -0.4 is 5.32 Å². The maximum absolute atomic E-state index is 4.12. The number of nitrogens with zero attached hydrogens (tertiary/aromatic N) is 2. The third-order valence-electron chi connectivity index (χ3n) is 2.67. The quantitative estimate of drug-likeness (QED) is 0.923. The first kappa shape index (κ1) is 12.7. The van der Waals surface area contributed by atoms with Crippen molar-refractivity contribution in [3.8, 4) is 0 Å². The summed E-state index contributed by atoms with van der Waals surface area (Å²) in [6.07, 6.45) is 0. The van der Waals surface area contributed by atoms with E-state index in [1.165, 1.54) is 15.3 Å². The Morgan fingerprint density at radius 2 is 2.00 bits per heavy atom. The number of hydrogen-bond acceptors (Lipinski definition) is 5. The van der Waals surface area contributed by atoms with Gasteiger partial charge >= 0.3 is 0 Å². The van der Waals surface area contributed by atoms with Crippen LogP contribution in [0.3, 0.4) is 0 Å². The molecule has 0 bridgehead atoms. The zero-order valence-corrected chi connectivity index (χ0v) is 12.2. The van der Waals surface area contributed by atoms with Crippen molar-refractivity contribution in [2.24, 2.45) is 0 Å². The average Bonchev–Trinajstić information content (AvgIpc) is 2.81. The molecule has 2 aromatic rings. The second-order valence-electron chi connectivity index (χ2n) is 4.19. The minimum absolute atomic E-state index is 0.365. The fraction of sp³-hybridized carbons (Fsp3) is 0.500. The molecule has 0 saturated heterocycles. The molecule has 0 amide bonds. The first-order chi connectivity index (χ1) is 8.06. The van der Waals surface area contributed by atoms with Gasteiger partial charge in [-0.3, -0.25) is 0 Å². The minimum atomic E-state index is 0.365. The second kappa shape index (κ2) is 5.25. The minimum Gasteiger partial charge on any atom is -0.304 e. The Bertz CT molecular complexity index is 502. The average molecular weight is 267 g/mol. The number of rotatable bonds is 4. The second-order valence-corrected chi connectivity index (χ2v) is 6.91. The largest absolute Gasteiger partial charge is 0.304 e. The predicted octanol–water partition coefficient (Wildman–Crippen LogP) is 3.38. The van der Waals surface area contributed by atoms with Gasteiger partial charge in [0, 0.05) is 15.8 Å². The molecule has 5 heteroatoms. The summed E-state index contributed by atoms with van der Waals surface area (Å²) in [5.74, 6) is 0. The Morgan fingerprint density at radius 1 is 1.24 bits per heavy atom. The molecule has 3 nitrogen and oxygen atoms in total. The Hall–Kier alpha value is -0.780. The van der Waals surface area contributed by atoms with Crippen molar-refractivity contribution in [3.63, 3.8) is 0 Å². The van der Waals surface area contributed by atoms with Gasteiger partial charge in [0.05, 0.1) is 6.54 Å². The monoisotopic (exact) mass is 267 g/mol. The van der Waals surface area contributed by atoms with Crippen LogP contribution in [0.5, 0.6) is 0 Å². The van der Waals surface area contributed by atoms with Crippen molar-refractivity contribution in [1.82, 2.24) is 15.5 Å². The smallest absolute Gasteiger partial charge is 0.131 e. The van der Waals surface area contributed by atoms with Crippen molar-refractivity contribution in [3.05, 3.63) is 31.4 Å². The van der Waals surface area contributed by atoms with Crippen molar-refractivity contribution < 1.29 is 0 Å². The molecule has 2 rings (SSSR count). The summed E-state index contributed by atoms with van der Waals surface area (Å²) in [5, 5.41) is 13.7. The van der Waals surface area contributed by atoms with E-state index < -0.39 is 0 Å². The van der Waals surface area contributed by atoms with Gasteiger partial charge in [0.2, 0.25) is 0 Å². The number of aryl methyl sites for hydroxylation is 3. The zero-order chi connectivity index (χ0) is 12.4. The zero-order valence-electron chi connectivity index (χ0n) is 10.6. The van der Waals surface area contributed by atoms with Gasteiger partial charge in [0.25, 0.3) is 0 Å². The van der Waals surface area contributed by atoms with E-state index in [4.69, 9.17) is 0 Å². The molecular formula is C12H17N3S2. The van der Waals surface area contributed by atoms with E-state index in [9.17, 15) is 0 Å². The van der Waals surface area contributed by atoms with Gasteiger partial charge in [-0.1, -0.05) is 0 Å². The van der Waals surface area contributed by atoms with Gasteiger partial charge in [-0.2, -0.15) is 0 Å². The van der Waals surface area contributed by atoms with Gasteiger partial charge in [0.15, 0.2) is 0 Å². The summed E-state index contributed by atoms with van der Waals surface area (Å²) < 4.78 is 0. The molecule has 17 heavy (non-hydrogen) atoms. The Kier molecular flexibility index (Phi) is 3.91. The molecular weight excluding hydrogens is 250 g/mol. The van der Waals surface area contributed by atoms with Gasteiger partial charge in [-0.25, -0.2) is 0 Å². The van der Waals surface area contributed by atoms with Crippen LogP contribution in [0.2, 0.25) is 0 Å². The van der Waals surface area contributed by atoms with Gasteiger partial charge < -0.3 is 5.32 Å². The lowest BCUT2D eigenvalue weighted by molar-refractivity contribution is 0.570. The summed E-state index contributed by atoms with van der Waals surface area (Å²) in [5.41, 5.74) is 1.40.